The topological polar surface area (TPSA) is 84.2 Å². The minimum absolute atomic E-state index is 0.333. The van der Waals surface area contributed by atoms with E-state index in [-0.39, 0.29) is 0 Å². The number of hydrogen-bond acceptors (Lipinski definition) is 2. The third-order valence-electron chi connectivity index (χ3n) is 1.94. The highest BCUT2D eigenvalue weighted by Crippen LogP contribution is 2.24. The molecular formula is C10H11Cl2N3O2. The lowest BCUT2D eigenvalue weighted by molar-refractivity contribution is -0.117. The molecule has 0 unspecified atom stereocenters. The second kappa shape index (κ2) is 5.75. The molecule has 0 fully saturated rings. The molecular weight excluding hydrogens is 265 g/mol. The Morgan fingerprint density at radius 2 is 1.94 bits per heavy atom. The summed E-state index contributed by atoms with van der Waals surface area (Å²) in [6.45, 7) is 1.51. The van der Waals surface area contributed by atoms with Gasteiger partial charge in [0.25, 0.3) is 0 Å². The Balaban J connectivity index is 2.67. The number of nitrogens with one attached hydrogen (secondary N) is 2. The van der Waals surface area contributed by atoms with E-state index in [0.29, 0.717) is 15.7 Å². The van der Waals surface area contributed by atoms with Crippen molar-refractivity contribution in [2.24, 2.45) is 5.73 Å². The molecule has 0 aromatic heterocycles. The molecule has 1 rings (SSSR count). The van der Waals surface area contributed by atoms with Crippen molar-refractivity contribution in [2.75, 3.05) is 5.32 Å². The van der Waals surface area contributed by atoms with Gasteiger partial charge in [0.2, 0.25) is 5.91 Å². The molecule has 0 spiro atoms. The number of benzene rings is 1. The van der Waals surface area contributed by atoms with Gasteiger partial charge in [0, 0.05) is 5.69 Å². The predicted octanol–water partition coefficient (Wildman–Crippen LogP) is 1.99. The summed E-state index contributed by atoms with van der Waals surface area (Å²) in [5.74, 6) is -0.401. The summed E-state index contributed by atoms with van der Waals surface area (Å²) < 4.78 is 0. The number of anilines is 1. The third kappa shape index (κ3) is 4.13. The molecule has 4 N–H and O–H groups in total. The van der Waals surface area contributed by atoms with Gasteiger partial charge >= 0.3 is 6.03 Å². The van der Waals surface area contributed by atoms with E-state index in [2.05, 4.69) is 10.6 Å². The largest absolute Gasteiger partial charge is 0.352 e. The quantitative estimate of drug-likeness (QED) is 0.788. The number of halogens is 2. The molecule has 17 heavy (non-hydrogen) atoms. The molecule has 0 aliphatic heterocycles. The van der Waals surface area contributed by atoms with Crippen LogP contribution in [-0.4, -0.2) is 18.0 Å². The number of carbonyl (C=O) groups is 2. The highest BCUT2D eigenvalue weighted by atomic mass is 35.5. The van der Waals surface area contributed by atoms with E-state index >= 15 is 0 Å². The monoisotopic (exact) mass is 275 g/mol. The molecule has 92 valence electrons. The van der Waals surface area contributed by atoms with Crippen LogP contribution in [0.1, 0.15) is 6.92 Å². The van der Waals surface area contributed by atoms with Crippen LogP contribution in [0, 0.1) is 0 Å². The number of nitrogens with two attached hydrogens (primary N) is 1. The molecule has 0 heterocycles. The second-order valence-corrected chi connectivity index (χ2v) is 4.16. The van der Waals surface area contributed by atoms with E-state index in [4.69, 9.17) is 28.9 Å². The van der Waals surface area contributed by atoms with Gasteiger partial charge in [-0.3, -0.25) is 4.79 Å². The van der Waals surface area contributed by atoms with Gasteiger partial charge in [0.15, 0.2) is 0 Å². The first kappa shape index (κ1) is 13.6. The minimum atomic E-state index is -0.762. The van der Waals surface area contributed by atoms with E-state index in [0.717, 1.165) is 0 Å². The van der Waals surface area contributed by atoms with Crippen LogP contribution in [0.5, 0.6) is 0 Å². The van der Waals surface area contributed by atoms with E-state index in [1.54, 1.807) is 12.1 Å². The number of primary amides is 1. The van der Waals surface area contributed by atoms with Crippen LogP contribution in [0.25, 0.3) is 0 Å². The van der Waals surface area contributed by atoms with Crippen molar-refractivity contribution in [3.63, 3.8) is 0 Å². The van der Waals surface area contributed by atoms with E-state index in [1.165, 1.54) is 13.0 Å². The van der Waals surface area contributed by atoms with Crippen LogP contribution in [0.3, 0.4) is 0 Å². The SMILES string of the molecule is C[C@H](NC(N)=O)C(=O)Nc1ccc(Cl)c(Cl)c1. The van der Waals surface area contributed by atoms with Crippen molar-refractivity contribution >= 4 is 40.8 Å². The number of rotatable bonds is 3. The molecule has 1 aromatic carbocycles. The van der Waals surface area contributed by atoms with Gasteiger partial charge in [-0.15, -0.1) is 0 Å². The Kier molecular flexibility index (Phi) is 4.60. The number of carbonyl (C=O) groups excluding carboxylic acids is 2. The molecule has 0 aliphatic rings. The molecule has 1 aromatic rings. The lowest BCUT2D eigenvalue weighted by atomic mass is 10.2. The average molecular weight is 276 g/mol. The Bertz CT molecular complexity index is 451. The first-order valence-corrected chi connectivity index (χ1v) is 5.47. The number of amides is 3. The fourth-order valence-corrected chi connectivity index (χ4v) is 1.40. The maximum atomic E-state index is 11.6. The normalized spacial score (nSPS) is 11.7. The van der Waals surface area contributed by atoms with Crippen molar-refractivity contribution in [3.8, 4) is 0 Å². The summed E-state index contributed by atoms with van der Waals surface area (Å²) in [5.41, 5.74) is 5.39. The van der Waals surface area contributed by atoms with Crippen molar-refractivity contribution in [1.29, 1.82) is 0 Å². The molecule has 7 heteroatoms. The summed E-state index contributed by atoms with van der Waals surface area (Å²) in [7, 11) is 0. The first-order valence-electron chi connectivity index (χ1n) is 4.72. The zero-order chi connectivity index (χ0) is 13.0. The summed E-state index contributed by atoms with van der Waals surface area (Å²) in [5, 5.41) is 5.55. The molecule has 1 atom stereocenters. The van der Waals surface area contributed by atoms with E-state index < -0.39 is 18.0 Å². The van der Waals surface area contributed by atoms with Crippen LogP contribution < -0.4 is 16.4 Å². The second-order valence-electron chi connectivity index (χ2n) is 3.35. The van der Waals surface area contributed by atoms with Crippen molar-refractivity contribution in [3.05, 3.63) is 28.2 Å². The smallest absolute Gasteiger partial charge is 0.312 e. The van der Waals surface area contributed by atoms with Gasteiger partial charge in [-0.1, -0.05) is 23.2 Å². The van der Waals surface area contributed by atoms with Crippen molar-refractivity contribution in [1.82, 2.24) is 5.32 Å². The summed E-state index contributed by atoms with van der Waals surface area (Å²) in [6, 6.07) is 3.18. The third-order valence-corrected chi connectivity index (χ3v) is 2.68. The van der Waals surface area contributed by atoms with Crippen LogP contribution in [-0.2, 0) is 4.79 Å². The molecule has 0 saturated carbocycles. The van der Waals surface area contributed by atoms with Crippen LogP contribution in [0.2, 0.25) is 10.0 Å². The molecule has 5 nitrogen and oxygen atoms in total. The maximum Gasteiger partial charge on any atom is 0.312 e. The molecule has 0 saturated heterocycles. The summed E-state index contributed by atoms with van der Waals surface area (Å²) in [4.78, 5) is 22.1. The number of urea groups is 1. The highest BCUT2D eigenvalue weighted by Gasteiger charge is 2.14. The Morgan fingerprint density at radius 3 is 2.47 bits per heavy atom. The Labute approximate surface area is 108 Å². The highest BCUT2D eigenvalue weighted by molar-refractivity contribution is 6.42. The van der Waals surface area contributed by atoms with Gasteiger partial charge in [0.1, 0.15) is 6.04 Å². The first-order chi connectivity index (χ1) is 7.90. The van der Waals surface area contributed by atoms with Crippen molar-refractivity contribution in [2.45, 2.75) is 13.0 Å². The predicted molar refractivity (Wildman–Crippen MR) is 67.3 cm³/mol. The zero-order valence-corrected chi connectivity index (χ0v) is 10.5. The van der Waals surface area contributed by atoms with E-state index in [1.807, 2.05) is 0 Å². The van der Waals surface area contributed by atoms with Gasteiger partial charge in [-0.2, -0.15) is 0 Å². The zero-order valence-electron chi connectivity index (χ0n) is 8.96. The van der Waals surface area contributed by atoms with Gasteiger partial charge in [-0.25, -0.2) is 4.79 Å². The fourth-order valence-electron chi connectivity index (χ4n) is 1.10. The van der Waals surface area contributed by atoms with Gasteiger partial charge in [-0.05, 0) is 25.1 Å². The summed E-state index contributed by atoms with van der Waals surface area (Å²) >= 11 is 11.5. The van der Waals surface area contributed by atoms with E-state index in [9.17, 15) is 9.59 Å². The molecule has 3 amide bonds. The maximum absolute atomic E-state index is 11.6. The van der Waals surface area contributed by atoms with Gasteiger partial charge in [0.05, 0.1) is 10.0 Å². The molecule has 0 bridgehead atoms. The summed E-state index contributed by atoms with van der Waals surface area (Å²) in [6.07, 6.45) is 0. The lowest BCUT2D eigenvalue weighted by Gasteiger charge is -2.12. The average Bonchev–Trinajstić information content (AvgIpc) is 2.22. The Hall–Kier alpha value is -1.46. The standard InChI is InChI=1S/C10H11Cl2N3O2/c1-5(14-10(13)17)9(16)15-6-2-3-7(11)8(12)4-6/h2-5H,1H3,(H,15,16)(H3,13,14,17)/t5-/m0/s1. The van der Waals surface area contributed by atoms with Crippen LogP contribution >= 0.6 is 23.2 Å². The fraction of sp³-hybridized carbons (Fsp3) is 0.200. The van der Waals surface area contributed by atoms with Crippen LogP contribution in [0.4, 0.5) is 10.5 Å². The van der Waals surface area contributed by atoms with Crippen LogP contribution in [0.15, 0.2) is 18.2 Å². The van der Waals surface area contributed by atoms with Gasteiger partial charge < -0.3 is 16.4 Å². The van der Waals surface area contributed by atoms with Crippen molar-refractivity contribution < 1.29 is 9.59 Å². The lowest BCUT2D eigenvalue weighted by Crippen LogP contribution is -2.44. The minimum Gasteiger partial charge on any atom is -0.352 e. The molecule has 0 aliphatic carbocycles. The number of hydrogen-bond donors (Lipinski definition) is 3. The molecule has 0 radical (unpaired) electrons. The Morgan fingerprint density at radius 1 is 1.29 bits per heavy atom.